The van der Waals surface area contributed by atoms with Crippen LogP contribution in [0.2, 0.25) is 0 Å². The third-order valence-corrected chi connectivity index (χ3v) is 4.82. The summed E-state index contributed by atoms with van der Waals surface area (Å²) in [5, 5.41) is 12.9. The average molecular weight is 388 g/mol. The normalized spacial score (nSPS) is 13.0. The molecule has 1 aliphatic rings. The molecule has 0 bridgehead atoms. The summed E-state index contributed by atoms with van der Waals surface area (Å²) < 4.78 is 47.3. The van der Waals surface area contributed by atoms with Gasteiger partial charge in [-0.15, -0.1) is 0 Å². The van der Waals surface area contributed by atoms with Crippen LogP contribution in [0.3, 0.4) is 0 Å². The molecule has 1 aromatic heterocycles. The van der Waals surface area contributed by atoms with E-state index in [9.17, 15) is 18.0 Å². The van der Waals surface area contributed by atoms with Crippen molar-refractivity contribution in [1.29, 1.82) is 0 Å². The van der Waals surface area contributed by atoms with Gasteiger partial charge in [0.2, 0.25) is 0 Å². The summed E-state index contributed by atoms with van der Waals surface area (Å²) in [4.78, 5) is 11.1. The highest BCUT2D eigenvalue weighted by atomic mass is 19.4. The molecule has 0 unspecified atom stereocenters. The molecule has 144 valence electrons. The molecule has 5 nitrogen and oxygen atoms in total. The molecule has 28 heavy (non-hydrogen) atoms. The largest absolute Gasteiger partial charge is 0.497 e. The highest BCUT2D eigenvalue weighted by Gasteiger charge is 2.40. The summed E-state index contributed by atoms with van der Waals surface area (Å²) in [6, 6.07) is 10.8. The van der Waals surface area contributed by atoms with Crippen molar-refractivity contribution in [2.24, 2.45) is 0 Å². The highest BCUT2D eigenvalue weighted by Crippen LogP contribution is 2.42. The number of alkyl halides is 3. The summed E-state index contributed by atoms with van der Waals surface area (Å²) in [6.07, 6.45) is -3.93. The van der Waals surface area contributed by atoms with Crippen molar-refractivity contribution in [1.82, 2.24) is 9.78 Å². The maximum atomic E-state index is 13.6. The number of hydrogen-bond donors (Lipinski definition) is 1. The van der Waals surface area contributed by atoms with E-state index in [2.05, 4.69) is 5.10 Å². The molecule has 0 saturated carbocycles. The summed E-state index contributed by atoms with van der Waals surface area (Å²) in [5.41, 5.74) is 1.56. The van der Waals surface area contributed by atoms with Gasteiger partial charge in [0.1, 0.15) is 5.75 Å². The lowest BCUT2D eigenvalue weighted by Gasteiger charge is -2.20. The fraction of sp³-hybridized carbons (Fsp3) is 0.200. The Morgan fingerprint density at radius 1 is 1.14 bits per heavy atom. The van der Waals surface area contributed by atoms with E-state index in [1.807, 2.05) is 6.07 Å². The Morgan fingerprint density at radius 3 is 2.46 bits per heavy atom. The van der Waals surface area contributed by atoms with Gasteiger partial charge >= 0.3 is 12.1 Å². The van der Waals surface area contributed by atoms with Crippen LogP contribution in [0, 0.1) is 0 Å². The van der Waals surface area contributed by atoms with Crippen LogP contribution in [0.4, 0.5) is 13.2 Å². The number of ether oxygens (including phenoxy) is 1. The molecule has 0 amide bonds. The molecule has 1 aliphatic carbocycles. The molecular weight excluding hydrogens is 373 g/mol. The number of carboxylic acid groups (broad SMARTS) is 1. The van der Waals surface area contributed by atoms with Gasteiger partial charge < -0.3 is 9.84 Å². The zero-order valence-corrected chi connectivity index (χ0v) is 14.7. The Hall–Kier alpha value is -3.29. The van der Waals surface area contributed by atoms with E-state index in [1.165, 1.54) is 36.1 Å². The fourth-order valence-corrected chi connectivity index (χ4v) is 3.52. The minimum absolute atomic E-state index is 0.0472. The van der Waals surface area contributed by atoms with Crippen molar-refractivity contribution < 1.29 is 27.8 Å². The number of nitrogens with zero attached hydrogens (tertiary/aromatic N) is 2. The van der Waals surface area contributed by atoms with Crippen molar-refractivity contribution in [3.05, 3.63) is 64.8 Å². The Bertz CT molecular complexity index is 1070. The molecule has 8 heteroatoms. The molecule has 0 aliphatic heterocycles. The molecule has 0 saturated heterocycles. The maximum Gasteiger partial charge on any atom is 0.435 e. The number of fused-ring (bicyclic) bond motifs is 3. The minimum atomic E-state index is -4.58. The SMILES string of the molecule is COc1ccc2c(c1)CCc1c(C(F)(F)F)nn(-c3ccc(C(=O)O)cc3)c1-2. The van der Waals surface area contributed by atoms with E-state index >= 15 is 0 Å². The van der Waals surface area contributed by atoms with E-state index in [1.54, 1.807) is 12.1 Å². The molecule has 1 N–H and O–H groups in total. The topological polar surface area (TPSA) is 64.4 Å². The number of hydrogen-bond acceptors (Lipinski definition) is 3. The van der Waals surface area contributed by atoms with Crippen molar-refractivity contribution in [3.63, 3.8) is 0 Å². The molecule has 0 atom stereocenters. The third kappa shape index (κ3) is 2.90. The first kappa shape index (κ1) is 18.1. The molecule has 0 spiro atoms. The van der Waals surface area contributed by atoms with Crippen molar-refractivity contribution in [2.45, 2.75) is 19.0 Å². The Labute approximate surface area is 158 Å². The summed E-state index contributed by atoms with van der Waals surface area (Å²) in [7, 11) is 1.53. The number of methoxy groups -OCH3 is 1. The average Bonchev–Trinajstić information content (AvgIpc) is 3.08. The van der Waals surface area contributed by atoms with Gasteiger partial charge in [0.25, 0.3) is 0 Å². The molecule has 0 fully saturated rings. The predicted octanol–water partition coefficient (Wildman–Crippen LogP) is 4.36. The lowest BCUT2D eigenvalue weighted by molar-refractivity contribution is -0.141. The number of rotatable bonds is 3. The van der Waals surface area contributed by atoms with Crippen LogP contribution in [-0.2, 0) is 19.0 Å². The Balaban J connectivity index is 1.94. The fourth-order valence-electron chi connectivity index (χ4n) is 3.52. The number of aryl methyl sites for hydroxylation is 1. The number of carboxylic acids is 1. The molecule has 0 radical (unpaired) electrons. The third-order valence-electron chi connectivity index (χ3n) is 4.82. The van der Waals surface area contributed by atoms with Crippen molar-refractivity contribution >= 4 is 5.97 Å². The minimum Gasteiger partial charge on any atom is -0.497 e. The van der Waals surface area contributed by atoms with Crippen LogP contribution in [0.1, 0.15) is 27.2 Å². The number of aromatic nitrogens is 2. The first-order valence-electron chi connectivity index (χ1n) is 8.49. The van der Waals surface area contributed by atoms with Gasteiger partial charge in [-0.1, -0.05) is 0 Å². The second kappa shape index (κ2) is 6.40. The highest BCUT2D eigenvalue weighted by molar-refractivity contribution is 5.87. The van der Waals surface area contributed by atoms with Gasteiger partial charge in [-0.25, -0.2) is 9.48 Å². The monoisotopic (exact) mass is 388 g/mol. The van der Waals surface area contributed by atoms with E-state index in [4.69, 9.17) is 9.84 Å². The summed E-state index contributed by atoms with van der Waals surface area (Å²) in [5.74, 6) is -0.474. The molecule has 1 heterocycles. The van der Waals surface area contributed by atoms with Crippen LogP contribution in [0.15, 0.2) is 42.5 Å². The van der Waals surface area contributed by atoms with Crippen LogP contribution in [0.25, 0.3) is 16.9 Å². The molecule has 3 aromatic rings. The number of benzene rings is 2. The van der Waals surface area contributed by atoms with Gasteiger partial charge in [0.05, 0.1) is 24.1 Å². The van der Waals surface area contributed by atoms with Gasteiger partial charge in [-0.3, -0.25) is 0 Å². The zero-order chi connectivity index (χ0) is 20.1. The molecular formula is C20H15F3N2O3. The first-order chi connectivity index (χ1) is 13.3. The predicted molar refractivity (Wildman–Crippen MR) is 94.9 cm³/mol. The molecule has 2 aromatic carbocycles. The van der Waals surface area contributed by atoms with E-state index in [0.717, 1.165) is 5.56 Å². The van der Waals surface area contributed by atoms with Crippen LogP contribution in [0.5, 0.6) is 5.75 Å². The van der Waals surface area contributed by atoms with Crippen LogP contribution >= 0.6 is 0 Å². The Morgan fingerprint density at radius 2 is 1.86 bits per heavy atom. The van der Waals surface area contributed by atoms with E-state index < -0.39 is 17.8 Å². The second-order valence-corrected chi connectivity index (χ2v) is 6.46. The van der Waals surface area contributed by atoms with Gasteiger partial charge in [-0.05, 0) is 60.9 Å². The van der Waals surface area contributed by atoms with Gasteiger partial charge in [0.15, 0.2) is 5.69 Å². The van der Waals surface area contributed by atoms with Gasteiger partial charge in [0, 0.05) is 11.1 Å². The summed E-state index contributed by atoms with van der Waals surface area (Å²) >= 11 is 0. The number of halogens is 3. The van der Waals surface area contributed by atoms with Gasteiger partial charge in [-0.2, -0.15) is 18.3 Å². The number of aromatic carboxylic acids is 1. The molecule has 4 rings (SSSR count). The van der Waals surface area contributed by atoms with E-state index in [0.29, 0.717) is 29.1 Å². The quantitative estimate of drug-likeness (QED) is 0.724. The standard InChI is InChI=1S/C20H15F3N2O3/c1-28-14-7-9-15-12(10-14)4-8-16-17(15)25(24-18(16)20(21,22)23)13-5-2-11(3-6-13)19(26)27/h2-3,5-7,9-10H,4,8H2,1H3,(H,26,27). The van der Waals surface area contributed by atoms with Crippen LogP contribution < -0.4 is 4.74 Å². The number of carbonyl (C=O) groups is 1. The lowest BCUT2D eigenvalue weighted by atomic mass is 9.88. The van der Waals surface area contributed by atoms with E-state index in [-0.39, 0.29) is 17.5 Å². The second-order valence-electron chi connectivity index (χ2n) is 6.46. The van der Waals surface area contributed by atoms with Crippen LogP contribution in [-0.4, -0.2) is 28.0 Å². The smallest absolute Gasteiger partial charge is 0.435 e. The maximum absolute atomic E-state index is 13.6. The Kier molecular flexibility index (Phi) is 4.14. The zero-order valence-electron chi connectivity index (χ0n) is 14.7. The van der Waals surface area contributed by atoms with Crippen molar-refractivity contribution in [3.8, 4) is 22.7 Å². The first-order valence-corrected chi connectivity index (χ1v) is 8.49. The summed E-state index contributed by atoms with van der Waals surface area (Å²) in [6.45, 7) is 0. The lowest BCUT2D eigenvalue weighted by Crippen LogP contribution is -2.11. The van der Waals surface area contributed by atoms with Crippen molar-refractivity contribution in [2.75, 3.05) is 7.11 Å².